The van der Waals surface area contributed by atoms with Crippen LogP contribution in [-0.2, 0) is 11.2 Å². The maximum atomic E-state index is 12.1. The van der Waals surface area contributed by atoms with E-state index in [9.17, 15) is 9.59 Å². The van der Waals surface area contributed by atoms with Gasteiger partial charge in [0, 0.05) is 19.5 Å². The lowest BCUT2D eigenvalue weighted by Crippen LogP contribution is -2.42. The van der Waals surface area contributed by atoms with Crippen LogP contribution in [0, 0.1) is 5.92 Å². The number of rotatable bonds is 3. The lowest BCUT2D eigenvalue weighted by Gasteiger charge is -2.29. The third kappa shape index (κ3) is 2.55. The van der Waals surface area contributed by atoms with Crippen molar-refractivity contribution in [1.82, 2.24) is 4.90 Å². The summed E-state index contributed by atoms with van der Waals surface area (Å²) in [5.41, 5.74) is 0. The highest BCUT2D eigenvalue weighted by atomic mass is 16.4. The summed E-state index contributed by atoms with van der Waals surface area (Å²) in [6.45, 7) is 2.83. The number of furan rings is 1. The van der Waals surface area contributed by atoms with Crippen LogP contribution in [0.5, 0.6) is 0 Å². The lowest BCUT2D eigenvalue weighted by molar-refractivity contribution is -0.143. The van der Waals surface area contributed by atoms with Gasteiger partial charge in [-0.05, 0) is 25.0 Å². The number of aryl methyl sites for hydroxylation is 1. The quantitative estimate of drug-likeness (QED) is 0.888. The first-order chi connectivity index (χ1) is 8.61. The topological polar surface area (TPSA) is 70.8 Å². The van der Waals surface area contributed by atoms with Gasteiger partial charge in [-0.3, -0.25) is 9.59 Å². The Balaban J connectivity index is 2.06. The summed E-state index contributed by atoms with van der Waals surface area (Å²) in [6, 6.07) is 3.44. The maximum Gasteiger partial charge on any atom is 0.308 e. The summed E-state index contributed by atoms with van der Waals surface area (Å²) in [6.07, 6.45) is 2.10. The third-order valence-electron chi connectivity index (χ3n) is 3.28. The van der Waals surface area contributed by atoms with E-state index in [4.69, 9.17) is 9.52 Å². The third-order valence-corrected chi connectivity index (χ3v) is 3.28. The number of piperidine rings is 1. The highest BCUT2D eigenvalue weighted by Gasteiger charge is 2.29. The molecule has 5 heteroatoms. The summed E-state index contributed by atoms with van der Waals surface area (Å²) in [5.74, 6) is -0.423. The number of amides is 1. The second kappa shape index (κ2) is 5.25. The highest BCUT2D eigenvalue weighted by Crippen LogP contribution is 2.19. The molecule has 0 spiro atoms. The molecule has 1 amide bonds. The Hall–Kier alpha value is -1.78. The Bertz CT molecular complexity index is 452. The summed E-state index contributed by atoms with van der Waals surface area (Å²) < 4.78 is 5.40. The van der Waals surface area contributed by atoms with Crippen LogP contribution in [0.2, 0.25) is 0 Å². The predicted octanol–water partition coefficient (Wildman–Crippen LogP) is 1.78. The number of hydrogen-bond acceptors (Lipinski definition) is 3. The van der Waals surface area contributed by atoms with E-state index in [1.165, 1.54) is 0 Å². The Morgan fingerprint density at radius 3 is 2.89 bits per heavy atom. The van der Waals surface area contributed by atoms with E-state index in [-0.39, 0.29) is 12.5 Å². The number of carboxylic acid groups (broad SMARTS) is 1. The molecule has 98 valence electrons. The summed E-state index contributed by atoms with van der Waals surface area (Å²) in [4.78, 5) is 24.7. The molecule has 5 nitrogen and oxygen atoms in total. The minimum Gasteiger partial charge on any atom is -0.481 e. The molecular weight excluding hydrogens is 234 g/mol. The van der Waals surface area contributed by atoms with Crippen LogP contribution >= 0.6 is 0 Å². The molecule has 2 heterocycles. The van der Waals surface area contributed by atoms with Crippen molar-refractivity contribution in [3.05, 3.63) is 23.7 Å². The monoisotopic (exact) mass is 251 g/mol. The number of nitrogens with zero attached hydrogens (tertiary/aromatic N) is 1. The lowest BCUT2D eigenvalue weighted by atomic mass is 9.98. The van der Waals surface area contributed by atoms with Crippen molar-refractivity contribution < 1.29 is 19.1 Å². The molecule has 0 saturated carbocycles. The SMILES string of the molecule is CCc1ccc(C(=O)N2CCC[C@H](C(=O)O)C2)o1. The zero-order valence-electron chi connectivity index (χ0n) is 10.4. The van der Waals surface area contributed by atoms with E-state index < -0.39 is 11.9 Å². The van der Waals surface area contributed by atoms with Crippen molar-refractivity contribution in [2.45, 2.75) is 26.2 Å². The van der Waals surface area contributed by atoms with Gasteiger partial charge >= 0.3 is 5.97 Å². The molecule has 1 aromatic heterocycles. The summed E-state index contributed by atoms with van der Waals surface area (Å²) in [5, 5.41) is 8.99. The highest BCUT2D eigenvalue weighted by molar-refractivity contribution is 5.92. The summed E-state index contributed by atoms with van der Waals surface area (Å²) >= 11 is 0. The molecule has 1 aliphatic rings. The molecule has 1 N–H and O–H groups in total. The van der Waals surface area contributed by atoms with Gasteiger partial charge in [-0.15, -0.1) is 0 Å². The van der Waals surface area contributed by atoms with Crippen molar-refractivity contribution in [2.24, 2.45) is 5.92 Å². The zero-order chi connectivity index (χ0) is 13.1. The fraction of sp³-hybridized carbons (Fsp3) is 0.538. The number of carboxylic acids is 1. The van der Waals surface area contributed by atoms with Crippen molar-refractivity contribution in [2.75, 3.05) is 13.1 Å². The number of aliphatic carboxylic acids is 1. The Morgan fingerprint density at radius 2 is 2.28 bits per heavy atom. The van der Waals surface area contributed by atoms with Gasteiger partial charge in [-0.25, -0.2) is 0 Å². The van der Waals surface area contributed by atoms with Crippen molar-refractivity contribution >= 4 is 11.9 Å². The first kappa shape index (κ1) is 12.7. The standard InChI is InChI=1S/C13H17NO4/c1-2-10-5-6-11(18-10)12(15)14-7-3-4-9(8-14)13(16)17/h5-6,9H,2-4,7-8H2,1H3,(H,16,17)/t9-/m0/s1. The smallest absolute Gasteiger partial charge is 0.308 e. The van der Waals surface area contributed by atoms with E-state index in [1.54, 1.807) is 17.0 Å². The second-order valence-corrected chi connectivity index (χ2v) is 4.55. The molecule has 0 aliphatic carbocycles. The normalized spacial score (nSPS) is 19.8. The van der Waals surface area contributed by atoms with Gasteiger partial charge in [-0.2, -0.15) is 0 Å². The number of carbonyl (C=O) groups excluding carboxylic acids is 1. The molecule has 0 aromatic carbocycles. The van der Waals surface area contributed by atoms with Gasteiger partial charge in [-0.1, -0.05) is 6.92 Å². The summed E-state index contributed by atoms with van der Waals surface area (Å²) in [7, 11) is 0. The molecule has 0 bridgehead atoms. The van der Waals surface area contributed by atoms with Crippen LogP contribution in [-0.4, -0.2) is 35.0 Å². The molecule has 1 aliphatic heterocycles. The molecule has 1 fully saturated rings. The van der Waals surface area contributed by atoms with Gasteiger partial charge in [0.25, 0.3) is 5.91 Å². The van der Waals surface area contributed by atoms with Crippen LogP contribution in [0.15, 0.2) is 16.5 Å². The van der Waals surface area contributed by atoms with Gasteiger partial charge in [0.2, 0.25) is 0 Å². The van der Waals surface area contributed by atoms with Gasteiger partial charge in [0.05, 0.1) is 5.92 Å². The first-order valence-corrected chi connectivity index (χ1v) is 6.22. The van der Waals surface area contributed by atoms with E-state index >= 15 is 0 Å². The van der Waals surface area contributed by atoms with E-state index in [1.807, 2.05) is 6.92 Å². The minimum atomic E-state index is -0.832. The minimum absolute atomic E-state index is 0.208. The van der Waals surface area contributed by atoms with Crippen LogP contribution in [0.25, 0.3) is 0 Å². The van der Waals surface area contributed by atoms with Gasteiger partial charge in [0.1, 0.15) is 5.76 Å². The second-order valence-electron chi connectivity index (χ2n) is 4.55. The fourth-order valence-electron chi connectivity index (χ4n) is 2.20. The van der Waals surface area contributed by atoms with Gasteiger partial charge < -0.3 is 14.4 Å². The zero-order valence-corrected chi connectivity index (χ0v) is 10.4. The first-order valence-electron chi connectivity index (χ1n) is 6.22. The fourth-order valence-corrected chi connectivity index (χ4v) is 2.20. The van der Waals surface area contributed by atoms with Crippen molar-refractivity contribution in [3.63, 3.8) is 0 Å². The van der Waals surface area contributed by atoms with Crippen molar-refractivity contribution in [1.29, 1.82) is 0 Å². The molecule has 0 unspecified atom stereocenters. The van der Waals surface area contributed by atoms with Gasteiger partial charge in [0.15, 0.2) is 5.76 Å². The number of hydrogen-bond donors (Lipinski definition) is 1. The van der Waals surface area contributed by atoms with Crippen LogP contribution in [0.3, 0.4) is 0 Å². The van der Waals surface area contributed by atoms with Crippen LogP contribution in [0.4, 0.5) is 0 Å². The van der Waals surface area contributed by atoms with E-state index in [2.05, 4.69) is 0 Å². The number of likely N-dealkylation sites (tertiary alicyclic amines) is 1. The Morgan fingerprint density at radius 1 is 1.50 bits per heavy atom. The maximum absolute atomic E-state index is 12.1. The van der Waals surface area contributed by atoms with Crippen LogP contribution in [0.1, 0.15) is 36.1 Å². The largest absolute Gasteiger partial charge is 0.481 e. The molecule has 2 rings (SSSR count). The van der Waals surface area contributed by atoms with E-state index in [0.717, 1.165) is 18.6 Å². The molecule has 1 saturated heterocycles. The molecule has 1 aromatic rings. The molecule has 18 heavy (non-hydrogen) atoms. The number of carbonyl (C=O) groups is 2. The Kier molecular flexibility index (Phi) is 3.69. The predicted molar refractivity (Wildman–Crippen MR) is 64.3 cm³/mol. The van der Waals surface area contributed by atoms with E-state index in [0.29, 0.717) is 18.7 Å². The van der Waals surface area contributed by atoms with Crippen LogP contribution < -0.4 is 0 Å². The average molecular weight is 251 g/mol. The average Bonchev–Trinajstić information content (AvgIpc) is 2.86. The Labute approximate surface area is 105 Å². The molecule has 1 atom stereocenters. The van der Waals surface area contributed by atoms with Crippen molar-refractivity contribution in [3.8, 4) is 0 Å². The molecule has 0 radical (unpaired) electrons. The molecular formula is C13H17NO4.